The van der Waals surface area contributed by atoms with Gasteiger partial charge in [-0.3, -0.25) is 9.69 Å². The zero-order chi connectivity index (χ0) is 16.4. The van der Waals surface area contributed by atoms with E-state index in [4.69, 9.17) is 4.74 Å². The summed E-state index contributed by atoms with van der Waals surface area (Å²) in [4.78, 5) is 42.1. The summed E-state index contributed by atoms with van der Waals surface area (Å²) in [5.41, 5.74) is 0.565. The third-order valence-electron chi connectivity index (χ3n) is 3.20. The Balaban J connectivity index is 1.64. The number of hydrogen-bond donors (Lipinski definition) is 1. The predicted octanol–water partition coefficient (Wildman–Crippen LogP) is 1.89. The molecule has 0 unspecified atom stereocenters. The average molecular weight is 351 g/mol. The monoisotopic (exact) mass is 351 g/mol. The van der Waals surface area contributed by atoms with Crippen molar-refractivity contribution >= 4 is 40.6 Å². The predicted molar refractivity (Wildman–Crippen MR) is 85.6 cm³/mol. The second-order valence-electron chi connectivity index (χ2n) is 4.76. The molecule has 23 heavy (non-hydrogen) atoms. The first-order valence-corrected chi connectivity index (χ1v) is 8.52. The fourth-order valence-corrected chi connectivity index (χ4v) is 3.83. The van der Waals surface area contributed by atoms with Crippen molar-refractivity contribution < 1.29 is 19.1 Å². The molecular weight excluding hydrogens is 338 g/mol. The number of nitrogens with zero attached hydrogens (tertiary/aromatic N) is 2. The summed E-state index contributed by atoms with van der Waals surface area (Å²) < 4.78 is 5.03. The van der Waals surface area contributed by atoms with E-state index >= 15 is 0 Å². The summed E-state index contributed by atoms with van der Waals surface area (Å²) in [6.07, 6.45) is 0. The number of amides is 3. The van der Waals surface area contributed by atoms with Crippen LogP contribution in [-0.4, -0.2) is 47.5 Å². The van der Waals surface area contributed by atoms with Gasteiger partial charge in [0.25, 0.3) is 5.91 Å². The minimum atomic E-state index is -0.601. The number of esters is 1. The Labute approximate surface area is 139 Å². The summed E-state index contributed by atoms with van der Waals surface area (Å²) in [6, 6.07) is 3.38. The molecule has 3 rings (SSSR count). The molecule has 0 radical (unpaired) electrons. The molecule has 0 spiro atoms. The Morgan fingerprint density at radius 3 is 2.96 bits per heavy atom. The lowest BCUT2D eigenvalue weighted by Gasteiger charge is -2.11. The van der Waals surface area contributed by atoms with Crippen molar-refractivity contribution in [3.05, 3.63) is 28.1 Å². The lowest BCUT2D eigenvalue weighted by atomic mass is 10.4. The molecule has 120 valence electrons. The van der Waals surface area contributed by atoms with E-state index in [0.29, 0.717) is 17.1 Å². The number of aromatic nitrogens is 1. The zero-order valence-electron chi connectivity index (χ0n) is 12.2. The number of thiophene rings is 1. The van der Waals surface area contributed by atoms with Gasteiger partial charge < -0.3 is 10.1 Å². The van der Waals surface area contributed by atoms with Crippen LogP contribution in [0.1, 0.15) is 15.4 Å². The van der Waals surface area contributed by atoms with E-state index in [1.807, 2.05) is 17.5 Å². The van der Waals surface area contributed by atoms with Crippen molar-refractivity contribution in [2.45, 2.75) is 6.92 Å². The van der Waals surface area contributed by atoms with E-state index in [2.05, 4.69) is 10.3 Å². The third-order valence-corrected chi connectivity index (χ3v) is 5.38. The van der Waals surface area contributed by atoms with Crippen LogP contribution in [0.2, 0.25) is 0 Å². The Hall–Kier alpha value is -2.26. The maximum Gasteiger partial charge on any atom is 0.350 e. The van der Waals surface area contributed by atoms with Crippen molar-refractivity contribution in [3.8, 4) is 9.88 Å². The largest absolute Gasteiger partial charge is 0.451 e. The molecule has 2 aromatic heterocycles. The number of carbonyl (C=O) groups is 3. The number of thiazole rings is 1. The fraction of sp³-hybridized carbons (Fsp3) is 0.286. The number of ether oxygens (including phenoxy) is 1. The van der Waals surface area contributed by atoms with Crippen LogP contribution in [0.4, 0.5) is 4.79 Å². The molecule has 0 aliphatic carbocycles. The molecule has 1 saturated heterocycles. The molecule has 9 heteroatoms. The second-order valence-corrected chi connectivity index (χ2v) is 6.71. The first-order valence-electron chi connectivity index (χ1n) is 6.83. The van der Waals surface area contributed by atoms with Gasteiger partial charge in [-0.05, 0) is 18.4 Å². The lowest BCUT2D eigenvalue weighted by Crippen LogP contribution is -2.37. The van der Waals surface area contributed by atoms with Gasteiger partial charge in [-0.1, -0.05) is 6.07 Å². The molecule has 7 nitrogen and oxygen atoms in total. The molecule has 1 fully saturated rings. The molecular formula is C14H13N3O4S2. The highest BCUT2D eigenvalue weighted by Crippen LogP contribution is 2.31. The molecule has 0 aromatic carbocycles. The van der Waals surface area contributed by atoms with E-state index in [1.54, 1.807) is 6.92 Å². The quantitative estimate of drug-likeness (QED) is 0.850. The highest BCUT2D eigenvalue weighted by atomic mass is 32.1. The molecule has 0 bridgehead atoms. The summed E-state index contributed by atoms with van der Waals surface area (Å²) in [7, 11) is 0. The van der Waals surface area contributed by atoms with Crippen LogP contribution in [0.25, 0.3) is 9.88 Å². The molecule has 0 saturated carbocycles. The number of hydrogen-bond acceptors (Lipinski definition) is 7. The van der Waals surface area contributed by atoms with Crippen LogP contribution < -0.4 is 5.32 Å². The summed E-state index contributed by atoms with van der Waals surface area (Å²) in [5, 5.41) is 5.20. The van der Waals surface area contributed by atoms with E-state index in [0.717, 1.165) is 14.8 Å². The van der Waals surface area contributed by atoms with Crippen LogP contribution >= 0.6 is 22.7 Å². The van der Waals surface area contributed by atoms with Crippen LogP contribution in [0.5, 0.6) is 0 Å². The number of carbonyl (C=O) groups excluding carboxylic acids is 3. The second kappa shape index (κ2) is 6.47. The SMILES string of the molecule is Cc1nc(-c2cccs2)sc1C(=O)OCC(=O)N1CCNC1=O. The van der Waals surface area contributed by atoms with E-state index < -0.39 is 24.5 Å². The van der Waals surface area contributed by atoms with Gasteiger partial charge in [-0.2, -0.15) is 0 Å². The van der Waals surface area contributed by atoms with E-state index in [9.17, 15) is 14.4 Å². The number of imide groups is 1. The van der Waals surface area contributed by atoms with Crippen LogP contribution in [0.15, 0.2) is 17.5 Å². The topological polar surface area (TPSA) is 88.6 Å². The molecule has 2 aromatic rings. The number of aryl methyl sites for hydroxylation is 1. The summed E-state index contributed by atoms with van der Waals surface area (Å²) in [6.45, 7) is 1.96. The van der Waals surface area contributed by atoms with Gasteiger partial charge in [0.1, 0.15) is 9.88 Å². The van der Waals surface area contributed by atoms with E-state index in [1.165, 1.54) is 22.7 Å². The van der Waals surface area contributed by atoms with Gasteiger partial charge in [-0.25, -0.2) is 14.6 Å². The van der Waals surface area contributed by atoms with Crippen LogP contribution in [-0.2, 0) is 9.53 Å². The fourth-order valence-electron chi connectivity index (χ4n) is 2.07. The maximum absolute atomic E-state index is 12.1. The highest BCUT2D eigenvalue weighted by Gasteiger charge is 2.27. The van der Waals surface area contributed by atoms with Gasteiger partial charge in [0.2, 0.25) is 0 Å². The summed E-state index contributed by atoms with van der Waals surface area (Å²) >= 11 is 2.77. The van der Waals surface area contributed by atoms with Crippen molar-refractivity contribution in [1.29, 1.82) is 0 Å². The van der Waals surface area contributed by atoms with Gasteiger partial charge >= 0.3 is 12.0 Å². The standard InChI is InChI=1S/C14H13N3O4S2/c1-8-11(23-12(16-8)9-3-2-6-22-9)13(19)21-7-10(18)17-5-4-15-14(17)20/h2-3,6H,4-5,7H2,1H3,(H,15,20). The van der Waals surface area contributed by atoms with Gasteiger partial charge in [0, 0.05) is 13.1 Å². The van der Waals surface area contributed by atoms with Crippen LogP contribution in [0.3, 0.4) is 0 Å². The third kappa shape index (κ3) is 3.25. The van der Waals surface area contributed by atoms with Crippen molar-refractivity contribution in [2.24, 2.45) is 0 Å². The lowest BCUT2D eigenvalue weighted by molar-refractivity contribution is -0.130. The first kappa shape index (κ1) is 15.6. The molecule has 0 atom stereocenters. The molecule has 3 heterocycles. The molecule has 3 amide bonds. The first-order chi connectivity index (χ1) is 11.1. The minimum absolute atomic E-state index is 0.289. The Bertz CT molecular complexity index is 754. The Morgan fingerprint density at radius 1 is 1.48 bits per heavy atom. The molecule has 1 N–H and O–H groups in total. The van der Waals surface area contributed by atoms with E-state index in [-0.39, 0.29) is 6.54 Å². The Kier molecular flexibility index (Phi) is 4.39. The maximum atomic E-state index is 12.1. The van der Waals surface area contributed by atoms with Gasteiger partial charge in [0.15, 0.2) is 6.61 Å². The van der Waals surface area contributed by atoms with Gasteiger partial charge in [-0.15, -0.1) is 22.7 Å². The van der Waals surface area contributed by atoms with Crippen molar-refractivity contribution in [3.63, 3.8) is 0 Å². The smallest absolute Gasteiger partial charge is 0.350 e. The number of rotatable bonds is 4. The van der Waals surface area contributed by atoms with Crippen molar-refractivity contribution in [1.82, 2.24) is 15.2 Å². The number of nitrogens with one attached hydrogen (secondary N) is 1. The van der Waals surface area contributed by atoms with Gasteiger partial charge in [0.05, 0.1) is 10.6 Å². The minimum Gasteiger partial charge on any atom is -0.451 e. The van der Waals surface area contributed by atoms with Crippen molar-refractivity contribution in [2.75, 3.05) is 19.7 Å². The van der Waals surface area contributed by atoms with Crippen LogP contribution in [0, 0.1) is 6.92 Å². The Morgan fingerprint density at radius 2 is 2.30 bits per heavy atom. The molecule has 1 aliphatic heterocycles. The highest BCUT2D eigenvalue weighted by molar-refractivity contribution is 7.22. The average Bonchev–Trinajstić information content (AvgIpc) is 3.24. The number of urea groups is 1. The summed E-state index contributed by atoms with van der Waals surface area (Å²) in [5.74, 6) is -1.13. The molecule has 1 aliphatic rings. The zero-order valence-corrected chi connectivity index (χ0v) is 13.8. The normalized spacial score (nSPS) is 14.0.